The van der Waals surface area contributed by atoms with Gasteiger partial charge in [-0.1, -0.05) is 12.1 Å². The Bertz CT molecular complexity index is 701. The van der Waals surface area contributed by atoms with Gasteiger partial charge in [-0.25, -0.2) is 4.98 Å². The Morgan fingerprint density at radius 2 is 2.04 bits per heavy atom. The van der Waals surface area contributed by atoms with Crippen molar-refractivity contribution in [2.75, 3.05) is 30.9 Å². The van der Waals surface area contributed by atoms with Crippen LogP contribution < -0.4 is 15.0 Å². The molecule has 0 unspecified atom stereocenters. The number of pyridine rings is 1. The van der Waals surface area contributed by atoms with Crippen LogP contribution >= 0.6 is 0 Å². The summed E-state index contributed by atoms with van der Waals surface area (Å²) in [4.78, 5) is 28.1. The molecule has 0 radical (unpaired) electrons. The van der Waals surface area contributed by atoms with Crippen LogP contribution in [0.4, 0.5) is 17.2 Å². The minimum Gasteiger partial charge on any atom is -0.477 e. The van der Waals surface area contributed by atoms with Crippen molar-refractivity contribution in [2.45, 2.75) is 0 Å². The molecule has 1 aromatic heterocycles. The number of carbonyl (C=O) groups excluding carboxylic acids is 1. The molecular formula is C15H16N4O4. The van der Waals surface area contributed by atoms with Crippen LogP contribution in [0.25, 0.3) is 0 Å². The normalized spacial score (nSPS) is 10.0. The SMILES string of the molecule is CN(C)c1ccc(NC(=O)COc2ccccc2[N+](=O)[O-])cn1. The van der Waals surface area contributed by atoms with Crippen molar-refractivity contribution in [2.24, 2.45) is 0 Å². The van der Waals surface area contributed by atoms with E-state index in [9.17, 15) is 14.9 Å². The summed E-state index contributed by atoms with van der Waals surface area (Å²) in [7, 11) is 3.72. The number of hydrogen-bond donors (Lipinski definition) is 1. The topological polar surface area (TPSA) is 97.6 Å². The second kappa shape index (κ2) is 7.21. The van der Waals surface area contributed by atoms with Crippen LogP contribution in [-0.2, 0) is 4.79 Å². The number of aromatic nitrogens is 1. The van der Waals surface area contributed by atoms with Crippen molar-refractivity contribution in [3.8, 4) is 5.75 Å². The molecule has 1 N–H and O–H groups in total. The molecular weight excluding hydrogens is 300 g/mol. The number of para-hydroxylation sites is 2. The molecule has 0 saturated carbocycles. The maximum atomic E-state index is 11.8. The van der Waals surface area contributed by atoms with Gasteiger partial charge in [-0.3, -0.25) is 14.9 Å². The summed E-state index contributed by atoms with van der Waals surface area (Å²) < 4.78 is 5.21. The first-order valence-corrected chi connectivity index (χ1v) is 6.77. The standard InChI is InChI=1S/C15H16N4O4/c1-18(2)14-8-7-11(9-16-14)17-15(20)10-23-13-6-4-3-5-12(13)19(21)22/h3-9H,10H2,1-2H3,(H,17,20). The highest BCUT2D eigenvalue weighted by molar-refractivity contribution is 5.91. The summed E-state index contributed by atoms with van der Waals surface area (Å²) in [6.07, 6.45) is 1.53. The molecule has 8 nitrogen and oxygen atoms in total. The van der Waals surface area contributed by atoms with Gasteiger partial charge in [0.1, 0.15) is 5.82 Å². The van der Waals surface area contributed by atoms with E-state index < -0.39 is 10.8 Å². The smallest absolute Gasteiger partial charge is 0.310 e. The summed E-state index contributed by atoms with van der Waals surface area (Å²) in [5.41, 5.74) is 0.337. The Morgan fingerprint density at radius 3 is 2.65 bits per heavy atom. The molecule has 2 rings (SSSR count). The highest BCUT2D eigenvalue weighted by Crippen LogP contribution is 2.25. The minimum absolute atomic E-state index is 0.0498. The number of anilines is 2. The van der Waals surface area contributed by atoms with Gasteiger partial charge >= 0.3 is 5.69 Å². The number of amides is 1. The molecule has 2 aromatic rings. The lowest BCUT2D eigenvalue weighted by atomic mass is 10.3. The lowest BCUT2D eigenvalue weighted by Gasteiger charge is -2.12. The number of nitrogens with zero attached hydrogens (tertiary/aromatic N) is 3. The Balaban J connectivity index is 1.94. The third-order valence-corrected chi connectivity index (χ3v) is 2.91. The van der Waals surface area contributed by atoms with E-state index in [0.29, 0.717) is 5.69 Å². The maximum absolute atomic E-state index is 11.8. The van der Waals surface area contributed by atoms with Crippen LogP contribution in [0.2, 0.25) is 0 Å². The van der Waals surface area contributed by atoms with Crippen LogP contribution in [0, 0.1) is 10.1 Å². The molecule has 1 amide bonds. The number of nitrogens with one attached hydrogen (secondary N) is 1. The fourth-order valence-electron chi connectivity index (χ4n) is 1.79. The molecule has 8 heteroatoms. The summed E-state index contributed by atoms with van der Waals surface area (Å²) in [6, 6.07) is 9.37. The number of ether oxygens (including phenoxy) is 1. The van der Waals surface area contributed by atoms with Crippen molar-refractivity contribution in [3.05, 3.63) is 52.7 Å². The second-order valence-electron chi connectivity index (χ2n) is 4.86. The van der Waals surface area contributed by atoms with E-state index in [-0.39, 0.29) is 18.0 Å². The largest absolute Gasteiger partial charge is 0.477 e. The van der Waals surface area contributed by atoms with Gasteiger partial charge < -0.3 is 15.0 Å². The van der Waals surface area contributed by atoms with Crippen molar-refractivity contribution >= 4 is 23.1 Å². The molecule has 0 spiro atoms. The van der Waals surface area contributed by atoms with Gasteiger partial charge in [0.15, 0.2) is 12.4 Å². The van der Waals surface area contributed by atoms with E-state index in [1.165, 1.54) is 24.4 Å². The van der Waals surface area contributed by atoms with Gasteiger partial charge in [0.25, 0.3) is 5.91 Å². The minimum atomic E-state index is -0.558. The van der Waals surface area contributed by atoms with Gasteiger partial charge in [0, 0.05) is 20.2 Å². The van der Waals surface area contributed by atoms with Crippen molar-refractivity contribution in [3.63, 3.8) is 0 Å². The molecule has 1 aromatic carbocycles. The number of rotatable bonds is 6. The van der Waals surface area contributed by atoms with Crippen LogP contribution in [0.5, 0.6) is 5.75 Å². The van der Waals surface area contributed by atoms with Crippen LogP contribution in [0.1, 0.15) is 0 Å². The molecule has 0 fully saturated rings. The Labute approximate surface area is 132 Å². The van der Waals surface area contributed by atoms with E-state index >= 15 is 0 Å². The molecule has 120 valence electrons. The molecule has 0 aliphatic rings. The first-order chi connectivity index (χ1) is 11.0. The number of hydrogen-bond acceptors (Lipinski definition) is 6. The Kier molecular flexibility index (Phi) is 5.08. The Hall–Kier alpha value is -3.16. The second-order valence-corrected chi connectivity index (χ2v) is 4.86. The number of nitro benzene ring substituents is 1. The highest BCUT2D eigenvalue weighted by atomic mass is 16.6. The number of benzene rings is 1. The van der Waals surface area contributed by atoms with Gasteiger partial charge in [0.2, 0.25) is 0 Å². The lowest BCUT2D eigenvalue weighted by Crippen LogP contribution is -2.20. The van der Waals surface area contributed by atoms with Gasteiger partial charge in [-0.05, 0) is 18.2 Å². The molecule has 0 bridgehead atoms. The zero-order valence-electron chi connectivity index (χ0n) is 12.7. The summed E-state index contributed by atoms with van der Waals surface area (Å²) in [5.74, 6) is 0.385. The van der Waals surface area contributed by atoms with Gasteiger partial charge in [0.05, 0.1) is 16.8 Å². The molecule has 0 aliphatic heterocycles. The van der Waals surface area contributed by atoms with Crippen molar-refractivity contribution in [1.29, 1.82) is 0 Å². The summed E-state index contributed by atoms with van der Waals surface area (Å²) >= 11 is 0. The predicted molar refractivity (Wildman–Crippen MR) is 85.8 cm³/mol. The van der Waals surface area contributed by atoms with Crippen LogP contribution in [0.15, 0.2) is 42.6 Å². The lowest BCUT2D eigenvalue weighted by molar-refractivity contribution is -0.385. The highest BCUT2D eigenvalue weighted by Gasteiger charge is 2.15. The average molecular weight is 316 g/mol. The zero-order chi connectivity index (χ0) is 16.8. The van der Waals surface area contributed by atoms with Crippen LogP contribution in [0.3, 0.4) is 0 Å². The fourth-order valence-corrected chi connectivity index (χ4v) is 1.79. The summed E-state index contributed by atoms with van der Waals surface area (Å²) in [5, 5.41) is 13.5. The number of nitro groups is 1. The average Bonchev–Trinajstić information content (AvgIpc) is 2.53. The van der Waals surface area contributed by atoms with Gasteiger partial charge in [-0.2, -0.15) is 0 Å². The van der Waals surface area contributed by atoms with E-state index in [1.54, 1.807) is 18.2 Å². The predicted octanol–water partition coefficient (Wildman–Crippen LogP) is 2.07. The Morgan fingerprint density at radius 1 is 1.30 bits per heavy atom. The van der Waals surface area contributed by atoms with E-state index in [2.05, 4.69) is 10.3 Å². The fraction of sp³-hybridized carbons (Fsp3) is 0.200. The third kappa shape index (κ3) is 4.40. The van der Waals surface area contributed by atoms with Crippen molar-refractivity contribution < 1.29 is 14.5 Å². The first kappa shape index (κ1) is 16.2. The van der Waals surface area contributed by atoms with Crippen molar-refractivity contribution in [1.82, 2.24) is 4.98 Å². The monoisotopic (exact) mass is 316 g/mol. The maximum Gasteiger partial charge on any atom is 0.310 e. The van der Waals surface area contributed by atoms with E-state index in [0.717, 1.165) is 5.82 Å². The molecule has 0 saturated heterocycles. The third-order valence-electron chi connectivity index (χ3n) is 2.91. The first-order valence-electron chi connectivity index (χ1n) is 6.77. The zero-order valence-corrected chi connectivity index (χ0v) is 12.7. The molecule has 1 heterocycles. The molecule has 0 aliphatic carbocycles. The quantitative estimate of drug-likeness (QED) is 0.647. The van der Waals surface area contributed by atoms with E-state index in [1.807, 2.05) is 19.0 Å². The van der Waals surface area contributed by atoms with Gasteiger partial charge in [-0.15, -0.1) is 0 Å². The van der Waals surface area contributed by atoms with Crippen LogP contribution in [-0.4, -0.2) is 36.5 Å². The summed E-state index contributed by atoms with van der Waals surface area (Å²) in [6.45, 7) is -0.333. The number of carbonyl (C=O) groups is 1. The molecule has 0 atom stereocenters. The van der Waals surface area contributed by atoms with E-state index in [4.69, 9.17) is 4.74 Å². The molecule has 23 heavy (non-hydrogen) atoms.